The van der Waals surface area contributed by atoms with E-state index in [1.807, 2.05) is 13.8 Å². The van der Waals surface area contributed by atoms with E-state index in [1.165, 1.54) is 21.1 Å². The minimum absolute atomic E-state index is 0.161. The Morgan fingerprint density at radius 2 is 1.62 bits per heavy atom. The third kappa shape index (κ3) is 4.24. The molecule has 78 valence electrons. The molecule has 0 heterocycles. The molecule has 13 heavy (non-hydrogen) atoms. The van der Waals surface area contributed by atoms with E-state index in [2.05, 4.69) is 0 Å². The first kappa shape index (κ1) is 12.4. The van der Waals surface area contributed by atoms with Crippen LogP contribution in [0.3, 0.4) is 0 Å². The molecule has 0 spiro atoms. The standard InChI is InChI=1S/C9H18O4/c1-6(2)8(13-7(3)10)9(11-4)12-5/h6,8-9H,1-5H3. The first-order valence-corrected chi connectivity index (χ1v) is 4.25. The molecule has 0 aromatic carbocycles. The van der Waals surface area contributed by atoms with Crippen molar-refractivity contribution in [2.24, 2.45) is 5.92 Å². The van der Waals surface area contributed by atoms with Crippen molar-refractivity contribution in [3.8, 4) is 0 Å². The first-order valence-electron chi connectivity index (χ1n) is 4.25. The SMILES string of the molecule is COC(OC)C(OC(C)=O)C(C)C. The average Bonchev–Trinajstić information content (AvgIpc) is 2.04. The second-order valence-electron chi connectivity index (χ2n) is 3.16. The molecule has 0 aliphatic heterocycles. The lowest BCUT2D eigenvalue weighted by Crippen LogP contribution is -2.37. The Balaban J connectivity index is 4.29. The zero-order valence-corrected chi connectivity index (χ0v) is 8.87. The maximum absolute atomic E-state index is 10.8. The molecule has 0 amide bonds. The lowest BCUT2D eigenvalue weighted by molar-refractivity contribution is -0.198. The Labute approximate surface area is 79.2 Å². The van der Waals surface area contributed by atoms with Crippen LogP contribution < -0.4 is 0 Å². The summed E-state index contributed by atoms with van der Waals surface area (Å²) in [6, 6.07) is 0. The number of hydrogen-bond acceptors (Lipinski definition) is 4. The van der Waals surface area contributed by atoms with Crippen LogP contribution in [0.5, 0.6) is 0 Å². The molecule has 0 radical (unpaired) electrons. The highest BCUT2D eigenvalue weighted by Gasteiger charge is 2.27. The Hall–Kier alpha value is -0.610. The van der Waals surface area contributed by atoms with Gasteiger partial charge in [0, 0.05) is 21.1 Å². The van der Waals surface area contributed by atoms with E-state index in [1.54, 1.807) is 0 Å². The van der Waals surface area contributed by atoms with Gasteiger partial charge in [-0.05, 0) is 5.92 Å². The molecule has 0 bridgehead atoms. The molecule has 0 aliphatic rings. The van der Waals surface area contributed by atoms with Crippen molar-refractivity contribution in [3.63, 3.8) is 0 Å². The first-order chi connectivity index (χ1) is 6.02. The van der Waals surface area contributed by atoms with Crippen LogP contribution in [0.4, 0.5) is 0 Å². The highest BCUT2D eigenvalue weighted by atomic mass is 16.7. The van der Waals surface area contributed by atoms with Gasteiger partial charge in [-0.15, -0.1) is 0 Å². The molecule has 0 saturated heterocycles. The third-order valence-electron chi connectivity index (χ3n) is 1.69. The summed E-state index contributed by atoms with van der Waals surface area (Å²) in [6.45, 7) is 5.26. The predicted molar refractivity (Wildman–Crippen MR) is 48.2 cm³/mol. The van der Waals surface area contributed by atoms with Crippen molar-refractivity contribution in [1.82, 2.24) is 0 Å². The van der Waals surface area contributed by atoms with Gasteiger partial charge in [0.05, 0.1) is 0 Å². The number of rotatable bonds is 5. The fourth-order valence-corrected chi connectivity index (χ4v) is 1.06. The summed E-state index contributed by atoms with van der Waals surface area (Å²) in [4.78, 5) is 10.8. The fraction of sp³-hybridized carbons (Fsp3) is 0.889. The van der Waals surface area contributed by atoms with Crippen molar-refractivity contribution in [1.29, 1.82) is 0 Å². The van der Waals surface area contributed by atoms with Gasteiger partial charge in [0.25, 0.3) is 0 Å². The third-order valence-corrected chi connectivity index (χ3v) is 1.69. The van der Waals surface area contributed by atoms with Crippen LogP contribution >= 0.6 is 0 Å². The number of ether oxygens (including phenoxy) is 3. The van der Waals surface area contributed by atoms with Gasteiger partial charge >= 0.3 is 5.97 Å². The van der Waals surface area contributed by atoms with E-state index in [4.69, 9.17) is 14.2 Å². The zero-order valence-electron chi connectivity index (χ0n) is 8.87. The molecule has 1 atom stereocenters. The van der Waals surface area contributed by atoms with Gasteiger partial charge in [0.15, 0.2) is 12.4 Å². The maximum atomic E-state index is 10.8. The van der Waals surface area contributed by atoms with Gasteiger partial charge < -0.3 is 14.2 Å². The number of carbonyl (C=O) groups is 1. The van der Waals surface area contributed by atoms with Crippen LogP contribution in [-0.2, 0) is 19.0 Å². The van der Waals surface area contributed by atoms with Crippen molar-refractivity contribution in [2.75, 3.05) is 14.2 Å². The Kier molecular flexibility index (Phi) is 5.66. The highest BCUT2D eigenvalue weighted by molar-refractivity contribution is 5.66. The largest absolute Gasteiger partial charge is 0.457 e. The van der Waals surface area contributed by atoms with Gasteiger partial charge in [-0.2, -0.15) is 0 Å². The summed E-state index contributed by atoms with van der Waals surface area (Å²) in [5, 5.41) is 0. The Bertz CT molecular complexity index is 152. The minimum Gasteiger partial charge on any atom is -0.457 e. The fourth-order valence-electron chi connectivity index (χ4n) is 1.06. The molecule has 4 heteroatoms. The molecule has 1 unspecified atom stereocenters. The molecule has 0 rings (SSSR count). The molecule has 0 aromatic rings. The van der Waals surface area contributed by atoms with Crippen molar-refractivity contribution in [2.45, 2.75) is 33.2 Å². The van der Waals surface area contributed by atoms with E-state index in [9.17, 15) is 4.79 Å². The van der Waals surface area contributed by atoms with E-state index in [-0.39, 0.29) is 18.0 Å². The summed E-state index contributed by atoms with van der Waals surface area (Å²) in [6.07, 6.45) is -0.851. The van der Waals surface area contributed by atoms with Crippen LogP contribution in [0.2, 0.25) is 0 Å². The molecular weight excluding hydrogens is 172 g/mol. The number of carbonyl (C=O) groups excluding carboxylic acids is 1. The number of hydrogen-bond donors (Lipinski definition) is 0. The smallest absolute Gasteiger partial charge is 0.303 e. The van der Waals surface area contributed by atoms with Crippen LogP contribution in [0.1, 0.15) is 20.8 Å². The second-order valence-corrected chi connectivity index (χ2v) is 3.16. The number of esters is 1. The molecule has 4 nitrogen and oxygen atoms in total. The molecule has 0 fully saturated rings. The van der Waals surface area contributed by atoms with Gasteiger partial charge in [-0.1, -0.05) is 13.8 Å². The van der Waals surface area contributed by atoms with Gasteiger partial charge in [0.1, 0.15) is 0 Å². The average molecular weight is 190 g/mol. The van der Waals surface area contributed by atoms with Crippen LogP contribution in [-0.4, -0.2) is 32.6 Å². The van der Waals surface area contributed by atoms with E-state index >= 15 is 0 Å². The van der Waals surface area contributed by atoms with Crippen LogP contribution in [0.25, 0.3) is 0 Å². The molecule has 0 aromatic heterocycles. The monoisotopic (exact) mass is 190 g/mol. The van der Waals surface area contributed by atoms with Gasteiger partial charge in [-0.3, -0.25) is 4.79 Å². The zero-order chi connectivity index (χ0) is 10.4. The van der Waals surface area contributed by atoms with E-state index < -0.39 is 6.29 Å². The summed E-state index contributed by atoms with van der Waals surface area (Å²) in [5.41, 5.74) is 0. The number of methoxy groups -OCH3 is 2. The van der Waals surface area contributed by atoms with Gasteiger partial charge in [0.2, 0.25) is 0 Å². The quantitative estimate of drug-likeness (QED) is 0.482. The van der Waals surface area contributed by atoms with Crippen molar-refractivity contribution >= 4 is 5.97 Å². The highest BCUT2D eigenvalue weighted by Crippen LogP contribution is 2.14. The lowest BCUT2D eigenvalue weighted by atomic mass is 10.1. The second kappa shape index (κ2) is 5.94. The van der Waals surface area contributed by atoms with E-state index in [0.717, 1.165) is 0 Å². The summed E-state index contributed by atoms with van der Waals surface area (Å²) >= 11 is 0. The maximum Gasteiger partial charge on any atom is 0.303 e. The minimum atomic E-state index is -0.496. The van der Waals surface area contributed by atoms with Crippen molar-refractivity contribution < 1.29 is 19.0 Å². The molecular formula is C9H18O4. The van der Waals surface area contributed by atoms with Crippen molar-refractivity contribution in [3.05, 3.63) is 0 Å². The molecule has 0 N–H and O–H groups in total. The summed E-state index contributed by atoms with van der Waals surface area (Å²) < 4.78 is 15.1. The van der Waals surface area contributed by atoms with E-state index in [0.29, 0.717) is 0 Å². The lowest BCUT2D eigenvalue weighted by Gasteiger charge is -2.27. The topological polar surface area (TPSA) is 44.8 Å². The van der Waals surface area contributed by atoms with Crippen LogP contribution in [0, 0.1) is 5.92 Å². The van der Waals surface area contributed by atoms with Crippen LogP contribution in [0.15, 0.2) is 0 Å². The van der Waals surface area contributed by atoms with Gasteiger partial charge in [-0.25, -0.2) is 0 Å². The summed E-state index contributed by atoms with van der Waals surface area (Å²) in [5.74, 6) is -0.161. The predicted octanol–water partition coefficient (Wildman–Crippen LogP) is 1.19. The molecule has 0 saturated carbocycles. The summed E-state index contributed by atoms with van der Waals surface area (Å²) in [7, 11) is 3.04. The Morgan fingerprint density at radius 1 is 1.15 bits per heavy atom. The normalized spacial score (nSPS) is 13.5. The molecule has 0 aliphatic carbocycles. The Morgan fingerprint density at radius 3 is 1.85 bits per heavy atom.